The number of amides is 1. The molecule has 0 spiro atoms. The Labute approximate surface area is 134 Å². The maximum absolute atomic E-state index is 12.4. The van der Waals surface area contributed by atoms with Crippen LogP contribution in [0.5, 0.6) is 0 Å². The average Bonchev–Trinajstić information content (AvgIpc) is 2.98. The molecule has 2 rings (SSSR count). The third-order valence-electron chi connectivity index (χ3n) is 4.57. The number of unbranched alkanes of at least 4 members (excludes halogenated alkanes) is 2. The molecule has 2 bridgehead atoms. The molecular formula is C17H29N3O2. The second-order valence-electron chi connectivity index (χ2n) is 7.50. The van der Waals surface area contributed by atoms with E-state index >= 15 is 0 Å². The van der Waals surface area contributed by atoms with Crippen molar-refractivity contribution in [2.75, 3.05) is 13.1 Å². The highest BCUT2D eigenvalue weighted by molar-refractivity contribution is 5.70. The summed E-state index contributed by atoms with van der Waals surface area (Å²) >= 11 is 0. The largest absolute Gasteiger partial charge is 0.444 e. The number of carbonyl (C=O) groups excluding carboxylic acids is 1. The molecule has 3 atom stereocenters. The monoisotopic (exact) mass is 307 g/mol. The summed E-state index contributed by atoms with van der Waals surface area (Å²) in [6.45, 7) is 7.69. The predicted molar refractivity (Wildman–Crippen MR) is 85.3 cm³/mol. The summed E-state index contributed by atoms with van der Waals surface area (Å²) in [5, 5.41) is 12.0. The van der Waals surface area contributed by atoms with Gasteiger partial charge in [0.1, 0.15) is 5.60 Å². The summed E-state index contributed by atoms with van der Waals surface area (Å²) in [4.78, 5) is 14.4. The summed E-state index contributed by atoms with van der Waals surface area (Å²) in [5.74, 6) is 0.544. The number of hydrogen-bond donors (Lipinski definition) is 1. The summed E-state index contributed by atoms with van der Waals surface area (Å²) in [7, 11) is 0. The average molecular weight is 307 g/mol. The number of fused-ring (bicyclic) bond motifs is 2. The molecule has 2 aliphatic rings. The third kappa shape index (κ3) is 4.36. The molecular weight excluding hydrogens is 278 g/mol. The van der Waals surface area contributed by atoms with E-state index in [0.29, 0.717) is 24.4 Å². The Balaban J connectivity index is 1.76. The van der Waals surface area contributed by atoms with Crippen molar-refractivity contribution in [3.63, 3.8) is 0 Å². The van der Waals surface area contributed by atoms with Crippen LogP contribution in [0.2, 0.25) is 0 Å². The molecule has 1 amide bonds. The van der Waals surface area contributed by atoms with Gasteiger partial charge in [0.2, 0.25) is 0 Å². The summed E-state index contributed by atoms with van der Waals surface area (Å²) in [6, 6.07) is 2.88. The van der Waals surface area contributed by atoms with Crippen molar-refractivity contribution in [3.05, 3.63) is 0 Å². The van der Waals surface area contributed by atoms with E-state index in [1.54, 1.807) is 0 Å². The lowest BCUT2D eigenvalue weighted by Gasteiger charge is -2.28. The van der Waals surface area contributed by atoms with Gasteiger partial charge >= 0.3 is 6.09 Å². The lowest BCUT2D eigenvalue weighted by molar-refractivity contribution is 0.0205. The van der Waals surface area contributed by atoms with Gasteiger partial charge in [-0.1, -0.05) is 0 Å². The molecule has 0 aromatic heterocycles. The zero-order valence-electron chi connectivity index (χ0n) is 14.1. The van der Waals surface area contributed by atoms with Crippen molar-refractivity contribution < 1.29 is 9.53 Å². The molecule has 2 aliphatic heterocycles. The Hall–Kier alpha value is -1.28. The van der Waals surface area contributed by atoms with Crippen molar-refractivity contribution >= 4 is 6.09 Å². The molecule has 0 radical (unpaired) electrons. The van der Waals surface area contributed by atoms with Gasteiger partial charge in [0.15, 0.2) is 0 Å². The second kappa shape index (κ2) is 7.32. The van der Waals surface area contributed by atoms with E-state index in [2.05, 4.69) is 11.4 Å². The molecule has 2 fully saturated rings. The molecule has 0 aromatic carbocycles. The fraction of sp³-hybridized carbons (Fsp3) is 0.882. The van der Waals surface area contributed by atoms with Crippen LogP contribution in [-0.2, 0) is 4.74 Å². The Morgan fingerprint density at radius 3 is 2.82 bits per heavy atom. The van der Waals surface area contributed by atoms with Crippen molar-refractivity contribution in [1.82, 2.24) is 10.2 Å². The van der Waals surface area contributed by atoms with Crippen LogP contribution in [-0.4, -0.2) is 41.8 Å². The van der Waals surface area contributed by atoms with E-state index in [4.69, 9.17) is 10.00 Å². The van der Waals surface area contributed by atoms with E-state index in [0.717, 1.165) is 45.2 Å². The predicted octanol–water partition coefficient (Wildman–Crippen LogP) is 3.06. The summed E-state index contributed by atoms with van der Waals surface area (Å²) in [6.07, 6.45) is 5.82. The van der Waals surface area contributed by atoms with Gasteiger partial charge in [-0.15, -0.1) is 0 Å². The van der Waals surface area contributed by atoms with Crippen LogP contribution in [0.3, 0.4) is 0 Å². The molecule has 0 saturated carbocycles. The molecule has 2 saturated heterocycles. The van der Waals surface area contributed by atoms with Crippen LogP contribution < -0.4 is 5.32 Å². The standard InChI is InChI=1S/C17H29N3O2/c1-17(2,3)22-16(21)20-14-7-8-15(20)13(11-14)12-19-10-6-4-5-9-18/h13-15,19H,4-8,10-12H2,1-3H3. The Bertz CT molecular complexity index is 425. The Morgan fingerprint density at radius 1 is 1.36 bits per heavy atom. The van der Waals surface area contributed by atoms with Crippen molar-refractivity contribution in [2.45, 2.75) is 77.0 Å². The normalized spacial score (nSPS) is 27.0. The van der Waals surface area contributed by atoms with E-state index in [9.17, 15) is 4.79 Å². The molecule has 3 unspecified atom stereocenters. The minimum absolute atomic E-state index is 0.142. The van der Waals surface area contributed by atoms with E-state index in [1.807, 2.05) is 25.7 Å². The Morgan fingerprint density at radius 2 is 2.14 bits per heavy atom. The first-order valence-corrected chi connectivity index (χ1v) is 8.51. The third-order valence-corrected chi connectivity index (χ3v) is 4.57. The molecule has 5 heteroatoms. The Kier molecular flexibility index (Phi) is 5.69. The van der Waals surface area contributed by atoms with Gasteiger partial charge in [-0.25, -0.2) is 4.79 Å². The lowest BCUT2D eigenvalue weighted by Crippen LogP contribution is -2.41. The van der Waals surface area contributed by atoms with Crippen LogP contribution in [0.15, 0.2) is 0 Å². The van der Waals surface area contributed by atoms with Gasteiger partial charge in [0, 0.05) is 18.5 Å². The van der Waals surface area contributed by atoms with Crippen LogP contribution in [0.4, 0.5) is 4.79 Å². The maximum atomic E-state index is 12.4. The van der Waals surface area contributed by atoms with Crippen molar-refractivity contribution in [3.8, 4) is 6.07 Å². The van der Waals surface area contributed by atoms with E-state index in [-0.39, 0.29) is 6.09 Å². The number of ether oxygens (including phenoxy) is 1. The van der Waals surface area contributed by atoms with Gasteiger partial charge in [0.25, 0.3) is 0 Å². The van der Waals surface area contributed by atoms with Crippen LogP contribution in [0.25, 0.3) is 0 Å². The topological polar surface area (TPSA) is 65.4 Å². The van der Waals surface area contributed by atoms with Gasteiger partial charge in [-0.3, -0.25) is 0 Å². The molecule has 22 heavy (non-hydrogen) atoms. The quantitative estimate of drug-likeness (QED) is 0.766. The molecule has 1 N–H and O–H groups in total. The summed E-state index contributed by atoms with van der Waals surface area (Å²) < 4.78 is 5.56. The SMILES string of the molecule is CC(C)(C)OC(=O)N1C2CCC1C(CNCCCCC#N)C2. The zero-order valence-corrected chi connectivity index (χ0v) is 14.1. The number of carbonyl (C=O) groups is 1. The first kappa shape index (κ1) is 17.1. The van der Waals surface area contributed by atoms with Gasteiger partial charge in [0.05, 0.1) is 6.07 Å². The number of nitriles is 1. The minimum atomic E-state index is -0.423. The first-order chi connectivity index (χ1) is 10.4. The highest BCUT2D eigenvalue weighted by atomic mass is 16.6. The number of hydrogen-bond acceptors (Lipinski definition) is 4. The molecule has 0 aromatic rings. The van der Waals surface area contributed by atoms with Gasteiger partial charge in [-0.2, -0.15) is 5.26 Å². The fourth-order valence-corrected chi connectivity index (χ4v) is 3.67. The first-order valence-electron chi connectivity index (χ1n) is 8.51. The lowest BCUT2D eigenvalue weighted by atomic mass is 9.89. The number of nitrogens with one attached hydrogen (secondary N) is 1. The van der Waals surface area contributed by atoms with Crippen LogP contribution in [0, 0.1) is 17.2 Å². The maximum Gasteiger partial charge on any atom is 0.410 e. The van der Waals surface area contributed by atoms with Crippen LogP contribution in [0.1, 0.15) is 59.3 Å². The second-order valence-corrected chi connectivity index (χ2v) is 7.50. The van der Waals surface area contributed by atoms with Gasteiger partial charge < -0.3 is 15.0 Å². The smallest absolute Gasteiger partial charge is 0.410 e. The number of rotatable bonds is 6. The van der Waals surface area contributed by atoms with E-state index in [1.165, 1.54) is 0 Å². The van der Waals surface area contributed by atoms with Crippen molar-refractivity contribution in [1.29, 1.82) is 5.26 Å². The molecule has 124 valence electrons. The highest BCUT2D eigenvalue weighted by Crippen LogP contribution is 2.42. The van der Waals surface area contributed by atoms with Crippen molar-refractivity contribution in [2.24, 2.45) is 5.92 Å². The van der Waals surface area contributed by atoms with Crippen LogP contribution >= 0.6 is 0 Å². The number of nitrogens with zero attached hydrogens (tertiary/aromatic N) is 2. The summed E-state index contributed by atoms with van der Waals surface area (Å²) in [5.41, 5.74) is -0.423. The molecule has 2 heterocycles. The van der Waals surface area contributed by atoms with Gasteiger partial charge in [-0.05, 0) is 71.9 Å². The van der Waals surface area contributed by atoms with E-state index < -0.39 is 5.60 Å². The molecule has 0 aliphatic carbocycles. The molecule has 5 nitrogen and oxygen atoms in total. The zero-order chi connectivity index (χ0) is 16.2. The fourth-order valence-electron chi connectivity index (χ4n) is 3.67. The highest BCUT2D eigenvalue weighted by Gasteiger charge is 2.49. The minimum Gasteiger partial charge on any atom is -0.444 e.